The number of fused-ring (bicyclic) bond motifs is 1. The number of ketones is 1. The summed E-state index contributed by atoms with van der Waals surface area (Å²) < 4.78 is 0. The van der Waals surface area contributed by atoms with Crippen LogP contribution in [0.1, 0.15) is 32.6 Å². The average Bonchev–Trinajstić information content (AvgIpc) is 2.25. The maximum absolute atomic E-state index is 11.5. The lowest BCUT2D eigenvalue weighted by Crippen LogP contribution is -2.57. The van der Waals surface area contributed by atoms with Crippen LogP contribution in [0.25, 0.3) is 0 Å². The Morgan fingerprint density at radius 3 is 2.31 bits per heavy atom. The van der Waals surface area contributed by atoms with Crippen LogP contribution in [0, 0.1) is 0 Å². The van der Waals surface area contributed by atoms with Gasteiger partial charge in [0.1, 0.15) is 5.60 Å². The Bertz CT molecular complexity index is 295. The topological polar surface area (TPSA) is 57.5 Å². The molecule has 72 valence electrons. The van der Waals surface area contributed by atoms with Gasteiger partial charge >= 0.3 is 0 Å². The summed E-state index contributed by atoms with van der Waals surface area (Å²) in [6.45, 7) is 1.71. The van der Waals surface area contributed by atoms with Gasteiger partial charge < -0.3 is 10.2 Å². The summed E-state index contributed by atoms with van der Waals surface area (Å²) in [7, 11) is 0. The summed E-state index contributed by atoms with van der Waals surface area (Å²) in [6, 6.07) is 0. The van der Waals surface area contributed by atoms with Gasteiger partial charge in [-0.15, -0.1) is 0 Å². The molecule has 3 nitrogen and oxygen atoms in total. The van der Waals surface area contributed by atoms with Crippen LogP contribution in [0.4, 0.5) is 0 Å². The van der Waals surface area contributed by atoms with Crippen molar-refractivity contribution in [1.29, 1.82) is 0 Å². The van der Waals surface area contributed by atoms with Gasteiger partial charge in [-0.3, -0.25) is 4.79 Å². The van der Waals surface area contributed by atoms with Gasteiger partial charge in [0.2, 0.25) is 0 Å². The first-order valence-electron chi connectivity index (χ1n) is 4.69. The normalized spacial score (nSPS) is 44.5. The predicted molar refractivity (Wildman–Crippen MR) is 47.1 cm³/mol. The van der Waals surface area contributed by atoms with Crippen molar-refractivity contribution in [2.75, 3.05) is 0 Å². The Morgan fingerprint density at radius 1 is 1.23 bits per heavy atom. The fourth-order valence-electron chi connectivity index (χ4n) is 2.46. The Labute approximate surface area is 77.1 Å². The second kappa shape index (κ2) is 2.42. The van der Waals surface area contributed by atoms with Crippen LogP contribution in [0.2, 0.25) is 0 Å². The zero-order valence-electron chi connectivity index (χ0n) is 7.71. The third-order valence-electron chi connectivity index (χ3n) is 3.42. The minimum absolute atomic E-state index is 0.327. The summed E-state index contributed by atoms with van der Waals surface area (Å²) in [5, 5.41) is 20.2. The summed E-state index contributed by atoms with van der Waals surface area (Å²) in [4.78, 5) is 11.5. The predicted octanol–water partition coefficient (Wildman–Crippen LogP) is 0.552. The van der Waals surface area contributed by atoms with Crippen LogP contribution in [0.5, 0.6) is 0 Å². The molecule has 2 atom stereocenters. The number of carbonyl (C=O) groups is 1. The van der Waals surface area contributed by atoms with Gasteiger partial charge in [0.05, 0.1) is 0 Å². The Balaban J connectivity index is 2.47. The molecule has 0 aromatic rings. The van der Waals surface area contributed by atoms with Crippen LogP contribution in [0.15, 0.2) is 11.6 Å². The molecular weight excluding hydrogens is 168 g/mol. The van der Waals surface area contributed by atoms with Crippen molar-refractivity contribution in [2.24, 2.45) is 0 Å². The van der Waals surface area contributed by atoms with E-state index in [1.807, 2.05) is 0 Å². The van der Waals surface area contributed by atoms with Gasteiger partial charge in [0.15, 0.2) is 11.4 Å². The first kappa shape index (κ1) is 8.91. The van der Waals surface area contributed by atoms with Gasteiger partial charge in [0.25, 0.3) is 0 Å². The van der Waals surface area contributed by atoms with E-state index in [0.717, 1.165) is 12.8 Å². The fraction of sp³-hybridized carbons (Fsp3) is 0.700. The second-order valence-electron chi connectivity index (χ2n) is 4.12. The summed E-state index contributed by atoms with van der Waals surface area (Å²) in [5.74, 6) is -0.327. The summed E-state index contributed by atoms with van der Waals surface area (Å²) >= 11 is 0. The molecule has 1 fully saturated rings. The maximum Gasteiger partial charge on any atom is 0.190 e. The first-order valence-corrected chi connectivity index (χ1v) is 4.69. The smallest absolute Gasteiger partial charge is 0.190 e. The van der Waals surface area contributed by atoms with Crippen molar-refractivity contribution >= 4 is 5.78 Å². The Kier molecular flexibility index (Phi) is 1.66. The van der Waals surface area contributed by atoms with Crippen LogP contribution in [-0.2, 0) is 4.79 Å². The molecule has 2 rings (SSSR count). The highest BCUT2D eigenvalue weighted by molar-refractivity contribution is 6.02. The largest absolute Gasteiger partial charge is 0.382 e. The molecule has 0 aromatic carbocycles. The lowest BCUT2D eigenvalue weighted by molar-refractivity contribution is -0.164. The molecule has 13 heavy (non-hydrogen) atoms. The van der Waals surface area contributed by atoms with Gasteiger partial charge in [-0.2, -0.15) is 0 Å². The number of hydrogen-bond donors (Lipinski definition) is 2. The Hall–Kier alpha value is -0.670. The number of carbonyl (C=O) groups excluding carboxylic acids is 1. The highest BCUT2D eigenvalue weighted by atomic mass is 16.4. The molecule has 2 N–H and O–H groups in total. The van der Waals surface area contributed by atoms with Crippen molar-refractivity contribution in [1.82, 2.24) is 0 Å². The molecule has 0 heterocycles. The van der Waals surface area contributed by atoms with Crippen LogP contribution < -0.4 is 0 Å². The zero-order chi connectivity index (χ0) is 9.69. The van der Waals surface area contributed by atoms with Gasteiger partial charge in [0, 0.05) is 0 Å². The Morgan fingerprint density at radius 2 is 1.77 bits per heavy atom. The highest BCUT2D eigenvalue weighted by Gasteiger charge is 2.59. The lowest BCUT2D eigenvalue weighted by atomic mass is 9.71. The molecule has 0 spiro atoms. The van der Waals surface area contributed by atoms with Gasteiger partial charge in [-0.1, -0.05) is 0 Å². The van der Waals surface area contributed by atoms with Gasteiger partial charge in [-0.25, -0.2) is 0 Å². The molecule has 2 aliphatic carbocycles. The summed E-state index contributed by atoms with van der Waals surface area (Å²) in [5.41, 5.74) is -2.18. The minimum atomic E-state index is -1.52. The quantitative estimate of drug-likeness (QED) is 0.575. The van der Waals surface area contributed by atoms with Crippen molar-refractivity contribution in [2.45, 2.75) is 43.8 Å². The van der Waals surface area contributed by atoms with Crippen LogP contribution in [0.3, 0.4) is 0 Å². The molecule has 0 aromatic heterocycles. The molecule has 2 aliphatic rings. The molecule has 0 bridgehead atoms. The second-order valence-corrected chi connectivity index (χ2v) is 4.12. The third-order valence-corrected chi connectivity index (χ3v) is 3.42. The lowest BCUT2D eigenvalue weighted by Gasteiger charge is -2.42. The van der Waals surface area contributed by atoms with Crippen molar-refractivity contribution in [3.63, 3.8) is 0 Å². The molecule has 0 radical (unpaired) electrons. The van der Waals surface area contributed by atoms with Crippen LogP contribution in [-0.4, -0.2) is 27.2 Å². The van der Waals surface area contributed by atoms with E-state index in [0.29, 0.717) is 18.4 Å². The number of hydrogen-bond acceptors (Lipinski definition) is 3. The molecule has 0 unspecified atom stereocenters. The molecule has 3 heteroatoms. The SMILES string of the molecule is CC1=CC(=O)[C@]2(O)CCCC[C@@]12O. The average molecular weight is 182 g/mol. The third kappa shape index (κ3) is 0.888. The monoisotopic (exact) mass is 182 g/mol. The van der Waals surface area contributed by atoms with Crippen molar-refractivity contribution < 1.29 is 15.0 Å². The van der Waals surface area contributed by atoms with E-state index in [1.54, 1.807) is 6.92 Å². The van der Waals surface area contributed by atoms with E-state index in [9.17, 15) is 15.0 Å². The first-order chi connectivity index (χ1) is 6.01. The van der Waals surface area contributed by atoms with E-state index >= 15 is 0 Å². The van der Waals surface area contributed by atoms with Crippen LogP contribution >= 0.6 is 0 Å². The highest BCUT2D eigenvalue weighted by Crippen LogP contribution is 2.46. The fourth-order valence-corrected chi connectivity index (χ4v) is 2.46. The van der Waals surface area contributed by atoms with Crippen molar-refractivity contribution in [3.05, 3.63) is 11.6 Å². The van der Waals surface area contributed by atoms with E-state index in [-0.39, 0.29) is 5.78 Å². The van der Waals surface area contributed by atoms with E-state index in [1.165, 1.54) is 6.08 Å². The van der Waals surface area contributed by atoms with Crippen molar-refractivity contribution in [3.8, 4) is 0 Å². The standard InChI is InChI=1S/C10H14O3/c1-7-6-8(11)10(13)5-3-2-4-9(7,10)12/h6,12-13H,2-5H2,1H3/t9-,10-/m1/s1. The number of aliphatic hydroxyl groups is 2. The zero-order valence-corrected chi connectivity index (χ0v) is 7.71. The molecule has 1 saturated carbocycles. The van der Waals surface area contributed by atoms with Gasteiger partial charge in [-0.05, 0) is 44.3 Å². The minimum Gasteiger partial charge on any atom is -0.382 e. The molecule has 0 saturated heterocycles. The molecular formula is C10H14O3. The van der Waals surface area contributed by atoms with E-state index < -0.39 is 11.2 Å². The summed E-state index contributed by atoms with van der Waals surface area (Å²) in [6.07, 6.45) is 3.95. The van der Waals surface area contributed by atoms with E-state index in [2.05, 4.69) is 0 Å². The molecule has 0 aliphatic heterocycles. The molecule has 0 amide bonds. The van der Waals surface area contributed by atoms with E-state index in [4.69, 9.17) is 0 Å². The number of rotatable bonds is 0. The maximum atomic E-state index is 11.5.